The van der Waals surface area contributed by atoms with Gasteiger partial charge in [-0.25, -0.2) is 9.97 Å². The van der Waals surface area contributed by atoms with E-state index >= 15 is 0 Å². The van der Waals surface area contributed by atoms with Crippen molar-refractivity contribution >= 4 is 40.7 Å². The largest absolute Gasteiger partial charge is 0.396 e. The molecule has 5 aromatic rings. The van der Waals surface area contributed by atoms with Crippen LogP contribution in [0.1, 0.15) is 23.2 Å². The zero-order chi connectivity index (χ0) is 34.0. The number of hydrogen-bond donors (Lipinski definition) is 2. The van der Waals surface area contributed by atoms with Crippen LogP contribution in [0.3, 0.4) is 0 Å². The van der Waals surface area contributed by atoms with Crippen LogP contribution in [0.25, 0.3) is 22.4 Å². The third-order valence-corrected chi connectivity index (χ3v) is 8.16. The van der Waals surface area contributed by atoms with Gasteiger partial charge in [-0.1, -0.05) is 36.4 Å². The van der Waals surface area contributed by atoms with Crippen molar-refractivity contribution in [1.29, 1.82) is 0 Å². The van der Waals surface area contributed by atoms with Crippen LogP contribution in [0.4, 0.5) is 34.4 Å². The SMILES string of the molecule is CN(C)CCCN(c1ccccc1-c1ccnc(-c2ccccc2N(CCCN(C)C)c2ncccc2N)c1C=O)c1ncccc1N. The van der Waals surface area contributed by atoms with Gasteiger partial charge >= 0.3 is 0 Å². The first-order valence-electron chi connectivity index (χ1n) is 16.2. The van der Waals surface area contributed by atoms with Crippen molar-refractivity contribution in [2.24, 2.45) is 0 Å². The fourth-order valence-electron chi connectivity index (χ4n) is 5.93. The first-order chi connectivity index (χ1) is 23.3. The molecule has 10 heteroatoms. The van der Waals surface area contributed by atoms with Crippen LogP contribution in [0.5, 0.6) is 0 Å². The Morgan fingerprint density at radius 3 is 1.56 bits per heavy atom. The number of para-hydroxylation sites is 2. The van der Waals surface area contributed by atoms with E-state index in [2.05, 4.69) is 63.8 Å². The third-order valence-electron chi connectivity index (χ3n) is 8.16. The second-order valence-electron chi connectivity index (χ2n) is 12.2. The van der Waals surface area contributed by atoms with Crippen LogP contribution in [-0.4, -0.2) is 85.4 Å². The normalized spacial score (nSPS) is 11.2. The van der Waals surface area contributed by atoms with E-state index in [1.165, 1.54) is 0 Å². The quantitative estimate of drug-likeness (QED) is 0.125. The standard InChI is InChI=1S/C38H45N9O/c1-44(2)23-11-25-46(37-32(39)15-9-20-42-37)34-17-7-5-13-29(34)28-19-22-41-36(31(28)27-48)30-14-6-8-18-35(30)47(26-12-24-45(3)4)38-33(40)16-10-21-43-38/h5-10,13-22,27H,11-12,23-26,39-40H2,1-4H3. The Hall–Kier alpha value is -5.32. The van der Waals surface area contributed by atoms with Gasteiger partial charge < -0.3 is 31.1 Å². The molecule has 3 heterocycles. The second kappa shape index (κ2) is 16.0. The zero-order valence-electron chi connectivity index (χ0n) is 28.3. The Morgan fingerprint density at radius 2 is 1.06 bits per heavy atom. The van der Waals surface area contributed by atoms with E-state index in [4.69, 9.17) is 16.5 Å². The highest BCUT2D eigenvalue weighted by Gasteiger charge is 2.24. The van der Waals surface area contributed by atoms with Gasteiger partial charge in [-0.15, -0.1) is 0 Å². The molecule has 0 saturated carbocycles. The Morgan fingerprint density at radius 1 is 0.562 bits per heavy atom. The maximum atomic E-state index is 13.2. The minimum Gasteiger partial charge on any atom is -0.396 e. The summed E-state index contributed by atoms with van der Waals surface area (Å²) >= 11 is 0. The molecule has 0 spiro atoms. The average molecular weight is 644 g/mol. The number of carbonyl (C=O) groups is 1. The Kier molecular flexibility index (Phi) is 11.3. The highest BCUT2D eigenvalue weighted by Crippen LogP contribution is 2.42. The molecular formula is C38H45N9O. The van der Waals surface area contributed by atoms with Crippen molar-refractivity contribution in [2.45, 2.75) is 12.8 Å². The monoisotopic (exact) mass is 643 g/mol. The number of nitrogens with zero attached hydrogens (tertiary/aromatic N) is 7. The summed E-state index contributed by atoms with van der Waals surface area (Å²) in [5.74, 6) is 1.34. The smallest absolute Gasteiger partial charge is 0.156 e. The number of hydrogen-bond acceptors (Lipinski definition) is 10. The molecule has 0 bridgehead atoms. The van der Waals surface area contributed by atoms with Crippen molar-refractivity contribution in [1.82, 2.24) is 24.8 Å². The first kappa shape index (κ1) is 34.0. The van der Waals surface area contributed by atoms with Crippen LogP contribution in [0.2, 0.25) is 0 Å². The number of aldehydes is 1. The lowest BCUT2D eigenvalue weighted by atomic mass is 9.94. The molecule has 248 valence electrons. The molecule has 0 aliphatic rings. The lowest BCUT2D eigenvalue weighted by Crippen LogP contribution is -2.25. The fourth-order valence-corrected chi connectivity index (χ4v) is 5.93. The van der Waals surface area contributed by atoms with Crippen molar-refractivity contribution in [2.75, 3.05) is 75.6 Å². The van der Waals surface area contributed by atoms with E-state index in [1.54, 1.807) is 18.6 Å². The van der Waals surface area contributed by atoms with Crippen LogP contribution in [0.15, 0.2) is 97.5 Å². The summed E-state index contributed by atoms with van der Waals surface area (Å²) in [6.45, 7) is 3.14. The average Bonchev–Trinajstić information content (AvgIpc) is 3.09. The van der Waals surface area contributed by atoms with Gasteiger partial charge in [-0.3, -0.25) is 9.78 Å². The van der Waals surface area contributed by atoms with Gasteiger partial charge in [-0.2, -0.15) is 0 Å². The van der Waals surface area contributed by atoms with Crippen LogP contribution in [0, 0.1) is 0 Å². The Balaban J connectivity index is 1.65. The molecular weight excluding hydrogens is 598 g/mol. The fraction of sp³-hybridized carbons (Fsp3) is 0.263. The van der Waals surface area contributed by atoms with E-state index in [0.29, 0.717) is 47.4 Å². The topological polar surface area (TPSA) is 121 Å². The molecule has 48 heavy (non-hydrogen) atoms. The van der Waals surface area contributed by atoms with Crippen LogP contribution in [-0.2, 0) is 0 Å². The number of aromatic nitrogens is 3. The summed E-state index contributed by atoms with van der Waals surface area (Å²) in [4.78, 5) is 35.9. The molecule has 4 N–H and O–H groups in total. The van der Waals surface area contributed by atoms with Gasteiger partial charge in [-0.05, 0) is 102 Å². The maximum absolute atomic E-state index is 13.2. The van der Waals surface area contributed by atoms with Gasteiger partial charge in [0.1, 0.15) is 0 Å². The summed E-state index contributed by atoms with van der Waals surface area (Å²) in [7, 11) is 8.24. The van der Waals surface area contributed by atoms with E-state index in [1.807, 2.05) is 72.8 Å². The van der Waals surface area contributed by atoms with Gasteiger partial charge in [0, 0.05) is 48.4 Å². The molecule has 0 fully saturated rings. The van der Waals surface area contributed by atoms with Crippen molar-refractivity contribution in [3.63, 3.8) is 0 Å². The molecule has 0 saturated heterocycles. The predicted molar refractivity (Wildman–Crippen MR) is 198 cm³/mol. The number of rotatable bonds is 15. The molecule has 0 radical (unpaired) electrons. The number of anilines is 6. The molecule has 0 unspecified atom stereocenters. The van der Waals surface area contributed by atoms with Crippen molar-refractivity contribution < 1.29 is 4.79 Å². The summed E-state index contributed by atoms with van der Waals surface area (Å²) in [6, 6.07) is 25.3. The van der Waals surface area contributed by atoms with Gasteiger partial charge in [0.25, 0.3) is 0 Å². The number of carbonyl (C=O) groups excluding carboxylic acids is 1. The summed E-state index contributed by atoms with van der Waals surface area (Å²) in [5, 5.41) is 0. The number of benzene rings is 2. The molecule has 3 aromatic heterocycles. The van der Waals surface area contributed by atoms with E-state index in [0.717, 1.165) is 60.3 Å². The van der Waals surface area contributed by atoms with Gasteiger partial charge in [0.05, 0.1) is 28.4 Å². The number of nitrogen functional groups attached to an aromatic ring is 2. The minimum absolute atomic E-state index is 0.488. The molecule has 5 rings (SSSR count). The number of nitrogens with two attached hydrogens (primary N) is 2. The Labute approximate surface area is 283 Å². The van der Waals surface area contributed by atoms with Crippen LogP contribution < -0.4 is 21.3 Å². The maximum Gasteiger partial charge on any atom is 0.156 e. The summed E-state index contributed by atoms with van der Waals surface area (Å²) in [5.41, 5.74) is 19.4. The van der Waals surface area contributed by atoms with Gasteiger partial charge in [0.15, 0.2) is 17.9 Å². The second-order valence-corrected chi connectivity index (χ2v) is 12.2. The van der Waals surface area contributed by atoms with E-state index < -0.39 is 0 Å². The third kappa shape index (κ3) is 7.79. The predicted octanol–water partition coefficient (Wildman–Crippen LogP) is 6.36. The summed E-state index contributed by atoms with van der Waals surface area (Å²) in [6.07, 6.45) is 7.93. The number of pyridine rings is 3. The van der Waals surface area contributed by atoms with Crippen molar-refractivity contribution in [3.05, 3.63) is 103 Å². The lowest BCUT2D eigenvalue weighted by molar-refractivity contribution is 0.112. The minimum atomic E-state index is 0.488. The zero-order valence-corrected chi connectivity index (χ0v) is 28.3. The van der Waals surface area contributed by atoms with E-state index in [-0.39, 0.29) is 0 Å². The molecule has 10 nitrogen and oxygen atoms in total. The molecule has 2 aromatic carbocycles. The van der Waals surface area contributed by atoms with Gasteiger partial charge in [0.2, 0.25) is 0 Å². The highest BCUT2D eigenvalue weighted by molar-refractivity contribution is 6.00. The van der Waals surface area contributed by atoms with Crippen molar-refractivity contribution in [3.8, 4) is 22.4 Å². The first-order valence-corrected chi connectivity index (χ1v) is 16.2. The molecule has 0 amide bonds. The lowest BCUT2D eigenvalue weighted by Gasteiger charge is -2.29. The highest BCUT2D eigenvalue weighted by atomic mass is 16.1. The molecule has 0 aliphatic carbocycles. The molecule has 0 atom stereocenters. The van der Waals surface area contributed by atoms with Crippen LogP contribution >= 0.6 is 0 Å². The van der Waals surface area contributed by atoms with E-state index in [9.17, 15) is 4.79 Å². The summed E-state index contributed by atoms with van der Waals surface area (Å²) < 4.78 is 0. The molecule has 0 aliphatic heterocycles. The Bertz CT molecular complexity index is 1700.